The van der Waals surface area contributed by atoms with Gasteiger partial charge in [0.1, 0.15) is 0 Å². The maximum atomic E-state index is 10.9. The van der Waals surface area contributed by atoms with Gasteiger partial charge in [0.05, 0.1) is 0 Å². The lowest BCUT2D eigenvalue weighted by molar-refractivity contribution is -0.119. The van der Waals surface area contributed by atoms with Crippen molar-refractivity contribution in [1.82, 2.24) is 5.32 Å². The van der Waals surface area contributed by atoms with Crippen molar-refractivity contribution in [3.8, 4) is 0 Å². The summed E-state index contributed by atoms with van der Waals surface area (Å²) in [6, 6.07) is 0. The van der Waals surface area contributed by atoms with E-state index in [-0.39, 0.29) is 11.4 Å². The van der Waals surface area contributed by atoms with Crippen LogP contribution in [0.3, 0.4) is 0 Å². The molecule has 0 aromatic carbocycles. The molecule has 1 heterocycles. The predicted octanol–water partition coefficient (Wildman–Crippen LogP) is 1.07. The average Bonchev–Trinajstić information content (AvgIpc) is 2.62. The predicted molar refractivity (Wildman–Crippen MR) is 38.5 cm³/mol. The topological polar surface area (TPSA) is 29.1 Å². The first-order chi connectivity index (χ1) is 4.71. The molecule has 2 fully saturated rings. The molecule has 1 unspecified atom stereocenters. The fourth-order valence-corrected chi connectivity index (χ4v) is 1.84. The Hall–Kier alpha value is -0.530. The Morgan fingerprint density at radius 1 is 1.60 bits per heavy atom. The van der Waals surface area contributed by atoms with Crippen LogP contribution in [0.5, 0.6) is 0 Å². The number of carbonyl (C=O) groups excluding carboxylic acids is 1. The van der Waals surface area contributed by atoms with E-state index in [2.05, 4.69) is 12.2 Å². The lowest BCUT2D eigenvalue weighted by atomic mass is 9.94. The zero-order valence-electron chi connectivity index (χ0n) is 6.31. The number of amides is 1. The van der Waals surface area contributed by atoms with E-state index in [4.69, 9.17) is 0 Å². The first kappa shape index (κ1) is 6.20. The van der Waals surface area contributed by atoms with Crippen LogP contribution in [-0.4, -0.2) is 11.4 Å². The van der Waals surface area contributed by atoms with E-state index in [1.54, 1.807) is 0 Å². The maximum absolute atomic E-state index is 10.9. The van der Waals surface area contributed by atoms with Crippen LogP contribution in [0, 0.1) is 5.92 Å². The molecule has 1 saturated heterocycles. The minimum absolute atomic E-state index is 0.178. The average molecular weight is 139 g/mol. The molecule has 0 radical (unpaired) electrons. The molecule has 2 heteroatoms. The number of hydrogen-bond acceptors (Lipinski definition) is 1. The van der Waals surface area contributed by atoms with Crippen LogP contribution in [0.1, 0.15) is 32.6 Å². The van der Waals surface area contributed by atoms with Gasteiger partial charge in [-0.15, -0.1) is 0 Å². The van der Waals surface area contributed by atoms with E-state index in [0.717, 1.165) is 18.8 Å². The van der Waals surface area contributed by atoms with E-state index in [0.29, 0.717) is 0 Å². The van der Waals surface area contributed by atoms with Crippen LogP contribution in [0.2, 0.25) is 0 Å². The van der Waals surface area contributed by atoms with Crippen molar-refractivity contribution in [3.63, 3.8) is 0 Å². The van der Waals surface area contributed by atoms with Gasteiger partial charge in [-0.05, 0) is 32.1 Å². The van der Waals surface area contributed by atoms with Crippen LogP contribution >= 0.6 is 0 Å². The zero-order valence-corrected chi connectivity index (χ0v) is 6.31. The number of carbonyl (C=O) groups is 1. The molecule has 2 nitrogen and oxygen atoms in total. The number of nitrogens with one attached hydrogen (secondary N) is 1. The van der Waals surface area contributed by atoms with Crippen LogP contribution < -0.4 is 5.32 Å². The van der Waals surface area contributed by atoms with Gasteiger partial charge in [-0.25, -0.2) is 0 Å². The summed E-state index contributed by atoms with van der Waals surface area (Å²) in [5.74, 6) is 1.04. The van der Waals surface area contributed by atoms with E-state index in [9.17, 15) is 4.79 Å². The quantitative estimate of drug-likeness (QED) is 0.578. The van der Waals surface area contributed by atoms with Gasteiger partial charge in [0.15, 0.2) is 0 Å². The van der Waals surface area contributed by atoms with Gasteiger partial charge in [0.25, 0.3) is 0 Å². The third-order valence-electron chi connectivity index (χ3n) is 2.77. The van der Waals surface area contributed by atoms with Crippen molar-refractivity contribution in [1.29, 1.82) is 0 Å². The Bertz CT molecular complexity index is 174. The van der Waals surface area contributed by atoms with Crippen molar-refractivity contribution in [2.24, 2.45) is 5.92 Å². The summed E-state index contributed by atoms with van der Waals surface area (Å²) in [6.45, 7) is 2.18. The van der Waals surface area contributed by atoms with Crippen molar-refractivity contribution >= 4 is 5.91 Å². The summed E-state index contributed by atoms with van der Waals surface area (Å²) in [6.07, 6.45) is 4.43. The Morgan fingerprint density at radius 2 is 2.30 bits per heavy atom. The van der Waals surface area contributed by atoms with Gasteiger partial charge in [-0.3, -0.25) is 4.79 Å². The summed E-state index contributed by atoms with van der Waals surface area (Å²) in [4.78, 5) is 10.9. The number of rotatable bonds is 1. The van der Waals surface area contributed by atoms with Gasteiger partial charge < -0.3 is 5.32 Å². The number of hydrogen-bond donors (Lipinski definition) is 1. The molecule has 0 spiro atoms. The molecule has 0 bridgehead atoms. The molecule has 1 aliphatic heterocycles. The Balaban J connectivity index is 2.08. The van der Waals surface area contributed by atoms with E-state index >= 15 is 0 Å². The largest absolute Gasteiger partial charge is 0.351 e. The van der Waals surface area contributed by atoms with Crippen molar-refractivity contribution in [2.45, 2.75) is 38.1 Å². The summed E-state index contributed by atoms with van der Waals surface area (Å²) in [7, 11) is 0. The molecule has 1 N–H and O–H groups in total. The summed E-state index contributed by atoms with van der Waals surface area (Å²) >= 11 is 0. The van der Waals surface area contributed by atoms with E-state index < -0.39 is 0 Å². The zero-order chi connectivity index (χ0) is 7.19. The third-order valence-corrected chi connectivity index (χ3v) is 2.77. The third kappa shape index (κ3) is 0.825. The molecule has 0 aromatic rings. The highest BCUT2D eigenvalue weighted by molar-refractivity contribution is 5.79. The minimum atomic E-state index is 0.178. The normalized spacial score (nSPS) is 39.9. The Kier molecular flexibility index (Phi) is 1.08. The fraction of sp³-hybridized carbons (Fsp3) is 0.875. The Morgan fingerprint density at radius 3 is 2.70 bits per heavy atom. The molecule has 2 rings (SSSR count). The second-order valence-corrected chi connectivity index (χ2v) is 3.74. The molecular weight excluding hydrogens is 126 g/mol. The van der Waals surface area contributed by atoms with Crippen LogP contribution in [-0.2, 0) is 4.79 Å². The molecule has 10 heavy (non-hydrogen) atoms. The summed E-state index contributed by atoms with van der Waals surface area (Å²) in [5, 5.41) is 3.05. The van der Waals surface area contributed by atoms with Crippen LogP contribution in [0.4, 0.5) is 0 Å². The van der Waals surface area contributed by atoms with Gasteiger partial charge >= 0.3 is 0 Å². The summed E-state index contributed by atoms with van der Waals surface area (Å²) in [5.41, 5.74) is 0.178. The van der Waals surface area contributed by atoms with Gasteiger partial charge in [-0.2, -0.15) is 0 Å². The van der Waals surface area contributed by atoms with E-state index in [1.807, 2.05) is 0 Å². The fourth-order valence-electron chi connectivity index (χ4n) is 1.84. The standard InChI is InChI=1S/C8H13NO/c1-8(6-2-3-6)5-4-7(10)9-8/h6H,2-5H2,1H3,(H,9,10). The highest BCUT2D eigenvalue weighted by Crippen LogP contribution is 2.43. The highest BCUT2D eigenvalue weighted by atomic mass is 16.2. The maximum Gasteiger partial charge on any atom is 0.220 e. The van der Waals surface area contributed by atoms with Crippen molar-refractivity contribution in [2.75, 3.05) is 0 Å². The molecular formula is C8H13NO. The smallest absolute Gasteiger partial charge is 0.220 e. The first-order valence-corrected chi connectivity index (χ1v) is 4.02. The van der Waals surface area contributed by atoms with Crippen molar-refractivity contribution in [3.05, 3.63) is 0 Å². The molecule has 1 atom stereocenters. The van der Waals surface area contributed by atoms with Gasteiger partial charge in [0.2, 0.25) is 5.91 Å². The summed E-state index contributed by atoms with van der Waals surface area (Å²) < 4.78 is 0. The molecule has 1 aliphatic carbocycles. The Labute approximate surface area is 61.0 Å². The molecule has 0 aromatic heterocycles. The second kappa shape index (κ2) is 1.74. The molecule has 2 aliphatic rings. The first-order valence-electron chi connectivity index (χ1n) is 4.02. The van der Waals surface area contributed by atoms with Gasteiger partial charge in [-0.1, -0.05) is 0 Å². The molecule has 1 saturated carbocycles. The minimum Gasteiger partial charge on any atom is -0.351 e. The van der Waals surface area contributed by atoms with Crippen LogP contribution in [0.15, 0.2) is 0 Å². The molecule has 56 valence electrons. The van der Waals surface area contributed by atoms with Crippen LogP contribution in [0.25, 0.3) is 0 Å². The van der Waals surface area contributed by atoms with Gasteiger partial charge in [0, 0.05) is 12.0 Å². The highest BCUT2D eigenvalue weighted by Gasteiger charge is 2.45. The lowest BCUT2D eigenvalue weighted by Gasteiger charge is -2.22. The SMILES string of the molecule is CC1(C2CC2)CCC(=O)N1. The second-order valence-electron chi connectivity index (χ2n) is 3.74. The lowest BCUT2D eigenvalue weighted by Crippen LogP contribution is -2.40. The monoisotopic (exact) mass is 139 g/mol. The van der Waals surface area contributed by atoms with Crippen molar-refractivity contribution < 1.29 is 4.79 Å². The van der Waals surface area contributed by atoms with E-state index in [1.165, 1.54) is 12.8 Å². The molecule has 1 amide bonds.